The molecule has 0 aliphatic carbocycles. The van der Waals surface area contributed by atoms with Gasteiger partial charge >= 0.3 is 0 Å². The first-order chi connectivity index (χ1) is 13.2. The van der Waals surface area contributed by atoms with Gasteiger partial charge in [-0.2, -0.15) is 0 Å². The molecule has 4 rings (SSSR count). The van der Waals surface area contributed by atoms with E-state index in [4.69, 9.17) is 4.98 Å². The second-order valence-electron chi connectivity index (χ2n) is 7.43. The number of piperazine rings is 1. The minimum atomic E-state index is 0.232. The number of hydrogen-bond acceptors (Lipinski definition) is 4. The number of aliphatic hydroxyl groups excluding tert-OH is 1. The third kappa shape index (κ3) is 4.05. The number of imidazole rings is 1. The summed E-state index contributed by atoms with van der Waals surface area (Å²) in [5.41, 5.74) is 3.58. The summed E-state index contributed by atoms with van der Waals surface area (Å²) in [6, 6.07) is 19.3. The van der Waals surface area contributed by atoms with Crippen molar-refractivity contribution in [3.63, 3.8) is 0 Å². The Morgan fingerprint density at radius 2 is 1.78 bits per heavy atom. The lowest BCUT2D eigenvalue weighted by molar-refractivity contribution is 0.0484. The monoisotopic (exact) mass is 364 g/mol. The molecule has 1 aliphatic rings. The van der Waals surface area contributed by atoms with Crippen LogP contribution in [0.1, 0.15) is 17.8 Å². The van der Waals surface area contributed by atoms with Gasteiger partial charge in [0.1, 0.15) is 5.82 Å². The SMILES string of the molecule is Cn1c(CN2CCN(Cc3ccccc3)[C@@H](CCO)C2)nc2ccccc21. The van der Waals surface area contributed by atoms with Crippen molar-refractivity contribution in [1.29, 1.82) is 0 Å². The van der Waals surface area contributed by atoms with E-state index in [0.29, 0.717) is 6.04 Å². The van der Waals surface area contributed by atoms with Gasteiger partial charge in [-0.25, -0.2) is 4.98 Å². The summed E-state index contributed by atoms with van der Waals surface area (Å²) >= 11 is 0. The molecule has 1 fully saturated rings. The van der Waals surface area contributed by atoms with E-state index < -0.39 is 0 Å². The highest BCUT2D eigenvalue weighted by atomic mass is 16.3. The zero-order valence-electron chi connectivity index (χ0n) is 16.0. The van der Waals surface area contributed by atoms with Gasteiger partial charge in [0.2, 0.25) is 0 Å². The highest BCUT2D eigenvalue weighted by molar-refractivity contribution is 5.75. The Hall–Kier alpha value is -2.21. The van der Waals surface area contributed by atoms with E-state index >= 15 is 0 Å². The Morgan fingerprint density at radius 3 is 2.56 bits per heavy atom. The van der Waals surface area contributed by atoms with Crippen LogP contribution in [-0.4, -0.2) is 56.7 Å². The van der Waals surface area contributed by atoms with Crippen molar-refractivity contribution in [3.8, 4) is 0 Å². The maximum absolute atomic E-state index is 9.56. The summed E-state index contributed by atoms with van der Waals surface area (Å²) in [5.74, 6) is 1.11. The highest BCUT2D eigenvalue weighted by Gasteiger charge is 2.27. The molecule has 142 valence electrons. The molecule has 5 heteroatoms. The molecule has 1 saturated heterocycles. The standard InChI is InChI=1S/C22H28N4O/c1-24-21-10-6-5-9-20(21)23-22(24)17-25-12-13-26(19(16-25)11-14-27)15-18-7-3-2-4-8-18/h2-10,19,27H,11-17H2,1H3/t19-/m0/s1. The number of fused-ring (bicyclic) bond motifs is 1. The van der Waals surface area contributed by atoms with Gasteiger partial charge in [0, 0.05) is 45.9 Å². The fourth-order valence-corrected chi connectivity index (χ4v) is 4.09. The van der Waals surface area contributed by atoms with Crippen molar-refractivity contribution in [2.75, 3.05) is 26.2 Å². The largest absolute Gasteiger partial charge is 0.396 e. The topological polar surface area (TPSA) is 44.5 Å². The maximum Gasteiger partial charge on any atom is 0.123 e. The Labute approximate surface area is 160 Å². The number of para-hydroxylation sites is 2. The fraction of sp³-hybridized carbons (Fsp3) is 0.409. The molecule has 0 saturated carbocycles. The van der Waals surface area contributed by atoms with Gasteiger partial charge in [-0.15, -0.1) is 0 Å². The predicted molar refractivity (Wildman–Crippen MR) is 108 cm³/mol. The number of rotatable bonds is 6. The molecule has 27 heavy (non-hydrogen) atoms. The molecule has 3 aromatic rings. The zero-order valence-corrected chi connectivity index (χ0v) is 16.0. The van der Waals surface area contributed by atoms with Crippen molar-refractivity contribution in [2.45, 2.75) is 25.6 Å². The smallest absolute Gasteiger partial charge is 0.123 e. The van der Waals surface area contributed by atoms with Gasteiger partial charge in [-0.05, 0) is 24.1 Å². The van der Waals surface area contributed by atoms with Crippen LogP contribution in [0.25, 0.3) is 11.0 Å². The van der Waals surface area contributed by atoms with Crippen LogP contribution in [0.15, 0.2) is 54.6 Å². The van der Waals surface area contributed by atoms with Crippen LogP contribution in [-0.2, 0) is 20.1 Å². The Kier molecular flexibility index (Phi) is 5.53. The van der Waals surface area contributed by atoms with E-state index in [1.165, 1.54) is 11.1 Å². The van der Waals surface area contributed by atoms with E-state index in [-0.39, 0.29) is 6.61 Å². The molecular formula is C22H28N4O. The van der Waals surface area contributed by atoms with E-state index in [2.05, 4.69) is 69.9 Å². The van der Waals surface area contributed by atoms with Crippen molar-refractivity contribution < 1.29 is 5.11 Å². The van der Waals surface area contributed by atoms with E-state index in [0.717, 1.165) is 50.5 Å². The molecule has 2 heterocycles. The average Bonchev–Trinajstić information content (AvgIpc) is 3.01. The summed E-state index contributed by atoms with van der Waals surface area (Å²) in [5, 5.41) is 9.56. The van der Waals surface area contributed by atoms with Crippen molar-refractivity contribution >= 4 is 11.0 Å². The maximum atomic E-state index is 9.56. The van der Waals surface area contributed by atoms with Crippen molar-refractivity contribution in [3.05, 3.63) is 66.0 Å². The lowest BCUT2D eigenvalue weighted by Gasteiger charge is -2.41. The van der Waals surface area contributed by atoms with Gasteiger partial charge in [0.25, 0.3) is 0 Å². The van der Waals surface area contributed by atoms with Gasteiger partial charge in [0.15, 0.2) is 0 Å². The number of aromatic nitrogens is 2. The van der Waals surface area contributed by atoms with Gasteiger partial charge in [0.05, 0.1) is 17.6 Å². The predicted octanol–water partition coefficient (Wildman–Crippen LogP) is 2.64. The molecule has 5 nitrogen and oxygen atoms in total. The van der Waals surface area contributed by atoms with E-state index in [1.807, 2.05) is 6.07 Å². The molecule has 1 atom stereocenters. The van der Waals surface area contributed by atoms with Crippen LogP contribution in [0.4, 0.5) is 0 Å². The van der Waals surface area contributed by atoms with Crippen LogP contribution in [0, 0.1) is 0 Å². The first-order valence-electron chi connectivity index (χ1n) is 9.76. The summed E-state index contributed by atoms with van der Waals surface area (Å²) in [4.78, 5) is 9.81. The molecule has 1 aromatic heterocycles. The number of hydrogen-bond donors (Lipinski definition) is 1. The minimum absolute atomic E-state index is 0.232. The first kappa shape index (κ1) is 18.2. The summed E-state index contributed by atoms with van der Waals surface area (Å²) in [6.45, 7) is 5.05. The Morgan fingerprint density at radius 1 is 1.00 bits per heavy atom. The van der Waals surface area contributed by atoms with Crippen LogP contribution < -0.4 is 0 Å². The number of nitrogens with zero attached hydrogens (tertiary/aromatic N) is 4. The van der Waals surface area contributed by atoms with E-state index in [1.54, 1.807) is 0 Å². The normalized spacial score (nSPS) is 19.0. The molecule has 0 amide bonds. The van der Waals surface area contributed by atoms with Gasteiger partial charge < -0.3 is 9.67 Å². The molecule has 2 aromatic carbocycles. The van der Waals surface area contributed by atoms with Crippen LogP contribution in [0.5, 0.6) is 0 Å². The zero-order chi connectivity index (χ0) is 18.6. The molecular weight excluding hydrogens is 336 g/mol. The molecule has 0 radical (unpaired) electrons. The van der Waals surface area contributed by atoms with Gasteiger partial charge in [-0.3, -0.25) is 9.80 Å². The highest BCUT2D eigenvalue weighted by Crippen LogP contribution is 2.20. The van der Waals surface area contributed by atoms with E-state index in [9.17, 15) is 5.11 Å². The molecule has 1 aliphatic heterocycles. The van der Waals surface area contributed by atoms with Crippen LogP contribution in [0.3, 0.4) is 0 Å². The number of benzene rings is 2. The molecule has 1 N–H and O–H groups in total. The van der Waals surface area contributed by atoms with Crippen LogP contribution >= 0.6 is 0 Å². The second-order valence-corrected chi connectivity index (χ2v) is 7.43. The minimum Gasteiger partial charge on any atom is -0.396 e. The van der Waals surface area contributed by atoms with Crippen molar-refractivity contribution in [2.24, 2.45) is 7.05 Å². The third-order valence-electron chi connectivity index (χ3n) is 5.62. The molecule has 0 bridgehead atoms. The van der Waals surface area contributed by atoms with Crippen LogP contribution in [0.2, 0.25) is 0 Å². The first-order valence-corrected chi connectivity index (χ1v) is 9.76. The summed E-state index contributed by atoms with van der Waals surface area (Å²) in [7, 11) is 2.10. The second kappa shape index (κ2) is 8.21. The quantitative estimate of drug-likeness (QED) is 0.730. The molecule has 0 unspecified atom stereocenters. The van der Waals surface area contributed by atoms with Crippen molar-refractivity contribution in [1.82, 2.24) is 19.4 Å². The number of aryl methyl sites for hydroxylation is 1. The van der Waals surface area contributed by atoms with Gasteiger partial charge in [-0.1, -0.05) is 42.5 Å². The lowest BCUT2D eigenvalue weighted by atomic mass is 10.1. The Balaban J connectivity index is 1.45. The fourth-order valence-electron chi connectivity index (χ4n) is 4.09. The molecule has 0 spiro atoms. The average molecular weight is 364 g/mol. The third-order valence-corrected chi connectivity index (χ3v) is 5.62. The lowest BCUT2D eigenvalue weighted by Crippen LogP contribution is -2.52. The Bertz CT molecular complexity index is 876. The summed E-state index contributed by atoms with van der Waals surface area (Å²) < 4.78 is 2.20. The number of aliphatic hydroxyl groups is 1. The summed E-state index contributed by atoms with van der Waals surface area (Å²) in [6.07, 6.45) is 0.811.